The van der Waals surface area contributed by atoms with Gasteiger partial charge in [-0.05, 0) is 31.1 Å². The summed E-state index contributed by atoms with van der Waals surface area (Å²) in [6, 6.07) is 0. The minimum Gasteiger partial charge on any atom is -0.295 e. The van der Waals surface area contributed by atoms with E-state index in [9.17, 15) is 14.4 Å². The van der Waals surface area contributed by atoms with Crippen molar-refractivity contribution in [2.24, 2.45) is 11.8 Å². The number of carbonyl (C=O) groups excluding carboxylic acids is 3. The molecule has 3 heteroatoms. The average molecular weight is 248 g/mol. The molecule has 0 saturated carbocycles. The third-order valence-corrected chi connectivity index (χ3v) is 2.90. The molecule has 2 unspecified atom stereocenters. The topological polar surface area (TPSA) is 51.2 Å². The summed E-state index contributed by atoms with van der Waals surface area (Å²) >= 11 is 0. The summed E-state index contributed by atoms with van der Waals surface area (Å²) in [7, 11) is 0. The lowest BCUT2D eigenvalue weighted by Crippen LogP contribution is -2.20. The maximum absolute atomic E-state index is 11.7. The van der Waals surface area contributed by atoms with Crippen LogP contribution in [-0.2, 0) is 14.4 Å². The number of allylic oxidation sites excluding steroid dienone is 3. The van der Waals surface area contributed by atoms with Crippen molar-refractivity contribution in [1.82, 2.24) is 0 Å². The summed E-state index contributed by atoms with van der Waals surface area (Å²) in [5.41, 5.74) is 0. The molecule has 0 aromatic rings. The SMILES string of the molecule is C=CC(=O)CCC(CC(C)C(=O)C=C)C(=O)C=C. The van der Waals surface area contributed by atoms with Gasteiger partial charge in [0.05, 0.1) is 0 Å². The van der Waals surface area contributed by atoms with E-state index in [1.165, 1.54) is 18.2 Å². The van der Waals surface area contributed by atoms with Crippen LogP contribution in [0.15, 0.2) is 38.0 Å². The molecule has 2 atom stereocenters. The Morgan fingerprint density at radius 1 is 1.00 bits per heavy atom. The van der Waals surface area contributed by atoms with Crippen molar-refractivity contribution in [2.75, 3.05) is 0 Å². The highest BCUT2D eigenvalue weighted by atomic mass is 16.1. The number of rotatable bonds is 10. The summed E-state index contributed by atoms with van der Waals surface area (Å²) in [6.45, 7) is 12.0. The van der Waals surface area contributed by atoms with Crippen LogP contribution in [0.25, 0.3) is 0 Å². The fourth-order valence-electron chi connectivity index (χ4n) is 1.71. The van der Waals surface area contributed by atoms with Gasteiger partial charge in [0.25, 0.3) is 0 Å². The summed E-state index contributed by atoms with van der Waals surface area (Å²) < 4.78 is 0. The van der Waals surface area contributed by atoms with Crippen molar-refractivity contribution in [3.8, 4) is 0 Å². The van der Waals surface area contributed by atoms with Gasteiger partial charge in [0.15, 0.2) is 17.3 Å². The summed E-state index contributed by atoms with van der Waals surface area (Å²) in [4.78, 5) is 34.2. The second kappa shape index (κ2) is 8.34. The van der Waals surface area contributed by atoms with Crippen LogP contribution in [0.3, 0.4) is 0 Å². The van der Waals surface area contributed by atoms with Crippen molar-refractivity contribution in [1.29, 1.82) is 0 Å². The first-order valence-corrected chi connectivity index (χ1v) is 5.94. The molecule has 0 aromatic carbocycles. The molecule has 98 valence electrons. The third-order valence-electron chi connectivity index (χ3n) is 2.90. The fraction of sp³-hybridized carbons (Fsp3) is 0.400. The predicted molar refractivity (Wildman–Crippen MR) is 72.1 cm³/mol. The Balaban J connectivity index is 4.58. The molecule has 0 rings (SSSR count). The van der Waals surface area contributed by atoms with Gasteiger partial charge in [0.1, 0.15) is 0 Å². The Labute approximate surface area is 108 Å². The lowest BCUT2D eigenvalue weighted by atomic mass is 9.86. The van der Waals surface area contributed by atoms with Crippen LogP contribution >= 0.6 is 0 Å². The molecule has 0 aliphatic heterocycles. The van der Waals surface area contributed by atoms with Crippen molar-refractivity contribution in [2.45, 2.75) is 26.2 Å². The van der Waals surface area contributed by atoms with Crippen LogP contribution in [0, 0.1) is 11.8 Å². The Kier molecular flexibility index (Phi) is 7.52. The molecule has 0 spiro atoms. The average Bonchev–Trinajstić information content (AvgIpc) is 2.40. The third kappa shape index (κ3) is 5.53. The Hall–Kier alpha value is -1.77. The summed E-state index contributed by atoms with van der Waals surface area (Å²) in [6.07, 6.45) is 4.85. The van der Waals surface area contributed by atoms with Crippen LogP contribution in [-0.4, -0.2) is 17.3 Å². The van der Waals surface area contributed by atoms with E-state index in [0.29, 0.717) is 12.8 Å². The van der Waals surface area contributed by atoms with Gasteiger partial charge in [-0.3, -0.25) is 14.4 Å². The van der Waals surface area contributed by atoms with Crippen LogP contribution in [0.5, 0.6) is 0 Å². The van der Waals surface area contributed by atoms with Gasteiger partial charge < -0.3 is 0 Å². The molecule has 0 radical (unpaired) electrons. The van der Waals surface area contributed by atoms with E-state index < -0.39 is 0 Å². The van der Waals surface area contributed by atoms with Crippen molar-refractivity contribution >= 4 is 17.3 Å². The van der Waals surface area contributed by atoms with E-state index in [4.69, 9.17) is 0 Å². The zero-order valence-electron chi connectivity index (χ0n) is 10.9. The number of hydrogen-bond acceptors (Lipinski definition) is 3. The van der Waals surface area contributed by atoms with Gasteiger partial charge in [-0.1, -0.05) is 26.7 Å². The Bertz CT molecular complexity index is 366. The highest BCUT2D eigenvalue weighted by molar-refractivity contribution is 5.94. The molecule has 0 saturated heterocycles. The first kappa shape index (κ1) is 16.2. The maximum Gasteiger partial charge on any atom is 0.158 e. The Morgan fingerprint density at radius 3 is 2.00 bits per heavy atom. The zero-order chi connectivity index (χ0) is 14.1. The minimum atomic E-state index is -0.342. The molecule has 0 aromatic heterocycles. The van der Waals surface area contributed by atoms with Gasteiger partial charge >= 0.3 is 0 Å². The van der Waals surface area contributed by atoms with Crippen LogP contribution in [0.2, 0.25) is 0 Å². The first-order valence-electron chi connectivity index (χ1n) is 5.94. The lowest BCUT2D eigenvalue weighted by molar-refractivity contribution is -0.121. The lowest BCUT2D eigenvalue weighted by Gasteiger charge is -2.16. The summed E-state index contributed by atoms with van der Waals surface area (Å²) in [5.74, 6) is -0.928. The van der Waals surface area contributed by atoms with Gasteiger partial charge in [0, 0.05) is 18.3 Å². The zero-order valence-corrected chi connectivity index (χ0v) is 10.9. The molecule has 0 aliphatic rings. The standard InChI is InChI=1S/C15H20O3/c1-5-13(16)9-8-12(15(18)7-3)10-11(4)14(17)6-2/h5-7,11-12H,1-3,8-10H2,4H3. The fourth-order valence-corrected chi connectivity index (χ4v) is 1.71. The van der Waals surface area contributed by atoms with E-state index in [1.807, 2.05) is 0 Å². The van der Waals surface area contributed by atoms with Gasteiger partial charge in [-0.15, -0.1) is 0 Å². The monoisotopic (exact) mass is 248 g/mol. The largest absolute Gasteiger partial charge is 0.295 e. The van der Waals surface area contributed by atoms with Crippen molar-refractivity contribution in [3.05, 3.63) is 38.0 Å². The number of hydrogen-bond donors (Lipinski definition) is 0. The van der Waals surface area contributed by atoms with Crippen molar-refractivity contribution in [3.63, 3.8) is 0 Å². The summed E-state index contributed by atoms with van der Waals surface area (Å²) in [5, 5.41) is 0. The van der Waals surface area contributed by atoms with Crippen LogP contribution in [0.4, 0.5) is 0 Å². The predicted octanol–water partition coefficient (Wildman–Crippen LogP) is 2.67. The first-order chi connectivity index (χ1) is 8.46. The normalized spacial score (nSPS) is 13.2. The molecular formula is C15H20O3. The van der Waals surface area contributed by atoms with E-state index >= 15 is 0 Å². The smallest absolute Gasteiger partial charge is 0.158 e. The second-order valence-electron chi connectivity index (χ2n) is 4.26. The molecular weight excluding hydrogens is 228 g/mol. The molecule has 18 heavy (non-hydrogen) atoms. The molecule has 0 N–H and O–H groups in total. The van der Waals surface area contributed by atoms with E-state index in [2.05, 4.69) is 19.7 Å². The number of ketones is 3. The maximum atomic E-state index is 11.7. The molecule has 0 heterocycles. The van der Waals surface area contributed by atoms with Gasteiger partial charge in [-0.2, -0.15) is 0 Å². The molecule has 0 amide bonds. The molecule has 0 aliphatic carbocycles. The molecule has 3 nitrogen and oxygen atoms in total. The van der Waals surface area contributed by atoms with Crippen molar-refractivity contribution < 1.29 is 14.4 Å². The minimum absolute atomic E-state index is 0.0908. The quantitative estimate of drug-likeness (QED) is 0.558. The second-order valence-corrected chi connectivity index (χ2v) is 4.26. The van der Waals surface area contributed by atoms with Crippen LogP contribution in [0.1, 0.15) is 26.2 Å². The van der Waals surface area contributed by atoms with Gasteiger partial charge in [0.2, 0.25) is 0 Å². The van der Waals surface area contributed by atoms with E-state index in [-0.39, 0.29) is 35.6 Å². The number of carbonyl (C=O) groups is 3. The highest BCUT2D eigenvalue weighted by Gasteiger charge is 2.22. The van der Waals surface area contributed by atoms with E-state index in [0.717, 1.165) is 0 Å². The molecule has 0 fully saturated rings. The van der Waals surface area contributed by atoms with E-state index in [1.54, 1.807) is 6.92 Å². The van der Waals surface area contributed by atoms with Crippen LogP contribution < -0.4 is 0 Å². The van der Waals surface area contributed by atoms with Gasteiger partial charge in [-0.25, -0.2) is 0 Å². The highest BCUT2D eigenvalue weighted by Crippen LogP contribution is 2.20. The Morgan fingerprint density at radius 2 is 1.56 bits per heavy atom. The molecule has 0 bridgehead atoms.